The molecule has 0 amide bonds. The van der Waals surface area contributed by atoms with E-state index in [1.54, 1.807) is 12.1 Å². The van der Waals surface area contributed by atoms with Gasteiger partial charge in [-0.3, -0.25) is 4.72 Å². The van der Waals surface area contributed by atoms with Gasteiger partial charge in [-0.1, -0.05) is 45.0 Å². The van der Waals surface area contributed by atoms with Gasteiger partial charge in [0.1, 0.15) is 0 Å². The molecule has 1 fully saturated rings. The zero-order valence-corrected chi connectivity index (χ0v) is 18.0. The second-order valence-corrected chi connectivity index (χ2v) is 9.57. The van der Waals surface area contributed by atoms with E-state index < -0.39 is 10.0 Å². The molecule has 0 spiro atoms. The molecule has 1 aliphatic heterocycles. The lowest BCUT2D eigenvalue weighted by molar-refractivity contribution is 0.335. The molecule has 3 rings (SSSR count). The van der Waals surface area contributed by atoms with Crippen LogP contribution in [0.5, 0.6) is 0 Å². The summed E-state index contributed by atoms with van der Waals surface area (Å²) >= 11 is 0. The Morgan fingerprint density at radius 1 is 1.07 bits per heavy atom. The summed E-state index contributed by atoms with van der Waals surface area (Å²) < 4.78 is 28.1. The molecule has 1 aliphatic rings. The average molecular weight is 401 g/mol. The first-order chi connectivity index (χ1) is 13.4. The van der Waals surface area contributed by atoms with E-state index >= 15 is 0 Å². The highest BCUT2D eigenvalue weighted by Gasteiger charge is 2.23. The van der Waals surface area contributed by atoms with Crippen LogP contribution in [0.2, 0.25) is 0 Å². The first kappa shape index (κ1) is 20.9. The second kappa shape index (κ2) is 9.10. The van der Waals surface area contributed by atoms with E-state index in [-0.39, 0.29) is 0 Å². The molecule has 0 bridgehead atoms. The topological polar surface area (TPSA) is 49.4 Å². The van der Waals surface area contributed by atoms with Crippen LogP contribution < -0.4 is 4.72 Å². The van der Waals surface area contributed by atoms with Gasteiger partial charge in [0.05, 0.1) is 4.90 Å². The van der Waals surface area contributed by atoms with Gasteiger partial charge in [-0.2, -0.15) is 0 Å². The molecule has 1 N–H and O–H groups in total. The molecule has 0 aromatic heterocycles. The SMILES string of the molecule is CCCN1CC[C@@H](c2ccc(NS(=O)(=O)c3ccc(C(C)CC)cc3)cc2)C1. The quantitative estimate of drug-likeness (QED) is 0.662. The van der Waals surface area contributed by atoms with E-state index in [0.717, 1.165) is 26.1 Å². The molecule has 0 saturated carbocycles. The predicted octanol–water partition coefficient (Wildman–Crippen LogP) is 5.20. The van der Waals surface area contributed by atoms with Crippen LogP contribution in [0.25, 0.3) is 0 Å². The third kappa shape index (κ3) is 4.95. The molecule has 0 radical (unpaired) electrons. The number of nitrogens with zero attached hydrogens (tertiary/aromatic N) is 1. The van der Waals surface area contributed by atoms with Crippen molar-refractivity contribution in [1.82, 2.24) is 4.90 Å². The minimum atomic E-state index is -3.57. The van der Waals surface area contributed by atoms with Crippen LogP contribution in [0.4, 0.5) is 5.69 Å². The third-order valence-electron chi connectivity index (χ3n) is 5.82. The Morgan fingerprint density at radius 3 is 2.36 bits per heavy atom. The highest BCUT2D eigenvalue weighted by Crippen LogP contribution is 2.28. The molecule has 28 heavy (non-hydrogen) atoms. The zero-order chi connectivity index (χ0) is 20.1. The zero-order valence-electron chi connectivity index (χ0n) is 17.2. The number of likely N-dealkylation sites (tertiary alicyclic amines) is 1. The summed E-state index contributed by atoms with van der Waals surface area (Å²) in [5, 5.41) is 0. The fourth-order valence-corrected chi connectivity index (χ4v) is 4.93. The van der Waals surface area contributed by atoms with Crippen LogP contribution in [0.15, 0.2) is 53.4 Å². The monoisotopic (exact) mass is 400 g/mol. The van der Waals surface area contributed by atoms with Crippen molar-refractivity contribution >= 4 is 15.7 Å². The summed E-state index contributed by atoms with van der Waals surface area (Å²) in [5.74, 6) is 0.978. The third-order valence-corrected chi connectivity index (χ3v) is 7.22. The lowest BCUT2D eigenvalue weighted by Crippen LogP contribution is -2.20. The molecule has 2 aromatic carbocycles. The fraction of sp³-hybridized carbons (Fsp3) is 0.478. The van der Waals surface area contributed by atoms with Gasteiger partial charge in [-0.05, 0) is 79.6 Å². The predicted molar refractivity (Wildman–Crippen MR) is 116 cm³/mol. The number of hydrogen-bond donors (Lipinski definition) is 1. The number of nitrogens with one attached hydrogen (secondary N) is 1. The Hall–Kier alpha value is -1.85. The van der Waals surface area contributed by atoms with Gasteiger partial charge >= 0.3 is 0 Å². The van der Waals surface area contributed by atoms with Crippen LogP contribution in [-0.4, -0.2) is 33.0 Å². The van der Waals surface area contributed by atoms with Gasteiger partial charge in [0, 0.05) is 12.2 Å². The van der Waals surface area contributed by atoms with Gasteiger partial charge in [0.2, 0.25) is 0 Å². The van der Waals surface area contributed by atoms with Crippen molar-refractivity contribution < 1.29 is 8.42 Å². The second-order valence-electron chi connectivity index (χ2n) is 7.89. The van der Waals surface area contributed by atoms with Crippen molar-refractivity contribution in [2.45, 2.75) is 56.8 Å². The lowest BCUT2D eigenvalue weighted by atomic mass is 9.98. The maximum absolute atomic E-state index is 12.7. The number of benzene rings is 2. The smallest absolute Gasteiger partial charge is 0.261 e. The van der Waals surface area contributed by atoms with E-state index in [2.05, 4.69) is 42.5 Å². The number of rotatable bonds is 8. The molecule has 1 heterocycles. The fourth-order valence-electron chi connectivity index (χ4n) is 3.87. The Morgan fingerprint density at radius 2 is 1.75 bits per heavy atom. The van der Waals surface area contributed by atoms with Crippen molar-refractivity contribution in [1.29, 1.82) is 0 Å². The van der Waals surface area contributed by atoms with E-state index in [1.807, 2.05) is 24.3 Å². The maximum atomic E-state index is 12.7. The summed E-state index contributed by atoms with van der Waals surface area (Å²) in [6.45, 7) is 9.90. The average Bonchev–Trinajstić information content (AvgIpc) is 3.17. The minimum absolute atomic E-state index is 0.301. The van der Waals surface area contributed by atoms with Crippen molar-refractivity contribution in [2.24, 2.45) is 0 Å². The van der Waals surface area contributed by atoms with Gasteiger partial charge < -0.3 is 4.90 Å². The van der Waals surface area contributed by atoms with E-state index in [9.17, 15) is 8.42 Å². The standard InChI is InChI=1S/C23H32N2O2S/c1-4-15-25-16-14-21(17-25)20-6-10-22(11-7-20)24-28(26,27)23-12-8-19(9-13-23)18(3)5-2/h6-13,18,21,24H,4-5,14-17H2,1-3H3/t18?,21-/m1/s1. The van der Waals surface area contributed by atoms with Gasteiger partial charge in [-0.25, -0.2) is 8.42 Å². The van der Waals surface area contributed by atoms with E-state index in [1.165, 1.54) is 24.0 Å². The van der Waals surface area contributed by atoms with Crippen LogP contribution in [0.3, 0.4) is 0 Å². The Kier molecular flexibility index (Phi) is 6.78. The highest BCUT2D eigenvalue weighted by atomic mass is 32.2. The molecular weight excluding hydrogens is 368 g/mol. The molecular formula is C23H32N2O2S. The van der Waals surface area contributed by atoms with Crippen LogP contribution in [0, 0.1) is 0 Å². The molecule has 1 unspecified atom stereocenters. The molecule has 2 atom stereocenters. The van der Waals surface area contributed by atoms with Gasteiger partial charge in [0.15, 0.2) is 0 Å². The van der Waals surface area contributed by atoms with Crippen LogP contribution in [-0.2, 0) is 10.0 Å². The minimum Gasteiger partial charge on any atom is -0.303 e. The van der Waals surface area contributed by atoms with Crippen molar-refractivity contribution in [2.75, 3.05) is 24.4 Å². The summed E-state index contributed by atoms with van der Waals surface area (Å²) in [4.78, 5) is 2.80. The van der Waals surface area contributed by atoms with E-state index in [4.69, 9.17) is 0 Å². The van der Waals surface area contributed by atoms with Gasteiger partial charge in [-0.15, -0.1) is 0 Å². The maximum Gasteiger partial charge on any atom is 0.261 e. The first-order valence-electron chi connectivity index (χ1n) is 10.4. The largest absolute Gasteiger partial charge is 0.303 e. The normalized spacial score (nSPS) is 18.9. The molecule has 152 valence electrons. The van der Waals surface area contributed by atoms with Gasteiger partial charge in [0.25, 0.3) is 10.0 Å². The van der Waals surface area contributed by atoms with Crippen LogP contribution in [0.1, 0.15) is 63.0 Å². The number of hydrogen-bond acceptors (Lipinski definition) is 3. The van der Waals surface area contributed by atoms with Crippen molar-refractivity contribution in [3.63, 3.8) is 0 Å². The van der Waals surface area contributed by atoms with Crippen molar-refractivity contribution in [3.8, 4) is 0 Å². The number of sulfonamides is 1. The summed E-state index contributed by atoms with van der Waals surface area (Å²) in [5.41, 5.74) is 3.07. The molecule has 1 saturated heterocycles. The molecule has 4 nitrogen and oxygen atoms in total. The number of anilines is 1. The molecule has 2 aromatic rings. The summed E-state index contributed by atoms with van der Waals surface area (Å²) in [6.07, 6.45) is 3.40. The lowest BCUT2D eigenvalue weighted by Gasteiger charge is -2.15. The highest BCUT2D eigenvalue weighted by molar-refractivity contribution is 7.92. The van der Waals surface area contributed by atoms with Crippen LogP contribution >= 0.6 is 0 Å². The summed E-state index contributed by atoms with van der Waals surface area (Å²) in [7, 11) is -3.57. The Balaban J connectivity index is 1.66. The van der Waals surface area contributed by atoms with E-state index in [0.29, 0.717) is 22.4 Å². The summed E-state index contributed by atoms with van der Waals surface area (Å²) in [6, 6.07) is 15.1. The van der Waals surface area contributed by atoms with Crippen molar-refractivity contribution in [3.05, 3.63) is 59.7 Å². The Labute approximate surface area is 170 Å². The Bertz CT molecular complexity index is 860. The molecule has 0 aliphatic carbocycles. The molecule has 5 heteroatoms. The first-order valence-corrected chi connectivity index (χ1v) is 11.9.